The molecule has 0 aromatic carbocycles. The Morgan fingerprint density at radius 2 is 2.06 bits per heavy atom. The first-order chi connectivity index (χ1) is 7.39. The molecule has 0 aromatic heterocycles. The van der Waals surface area contributed by atoms with Gasteiger partial charge in [0.2, 0.25) is 10.0 Å². The summed E-state index contributed by atoms with van der Waals surface area (Å²) in [5.74, 6) is 0. The van der Waals surface area contributed by atoms with Gasteiger partial charge in [-0.25, -0.2) is 12.7 Å². The maximum atomic E-state index is 11.9. The van der Waals surface area contributed by atoms with Gasteiger partial charge in [0, 0.05) is 27.2 Å². The molecule has 0 saturated carbocycles. The lowest BCUT2D eigenvalue weighted by Gasteiger charge is -2.24. The van der Waals surface area contributed by atoms with Crippen LogP contribution in [0.4, 0.5) is 0 Å². The Balaban J connectivity index is 4.51. The highest BCUT2D eigenvalue weighted by molar-refractivity contribution is 7.89. The largest absolute Gasteiger partial charge is 0.389 e. The minimum absolute atomic E-state index is 0.0205. The standard InChI is InChI=1S/C9H22N2O4S/c1-4-9(5-10)16(13,14)11(2)6-8(12)7-15-3/h8-9,12H,4-7,10H2,1-3H3. The molecule has 0 bridgehead atoms. The van der Waals surface area contributed by atoms with Crippen LogP contribution < -0.4 is 5.73 Å². The molecule has 0 amide bonds. The fraction of sp³-hybridized carbons (Fsp3) is 1.00. The zero-order valence-corrected chi connectivity index (χ0v) is 10.9. The number of nitrogens with zero attached hydrogens (tertiary/aromatic N) is 1. The summed E-state index contributed by atoms with van der Waals surface area (Å²) in [6, 6.07) is 0. The van der Waals surface area contributed by atoms with E-state index in [2.05, 4.69) is 0 Å². The average Bonchev–Trinajstić information content (AvgIpc) is 2.19. The highest BCUT2D eigenvalue weighted by Gasteiger charge is 2.28. The molecule has 2 unspecified atom stereocenters. The van der Waals surface area contributed by atoms with Gasteiger partial charge in [-0.1, -0.05) is 6.92 Å². The fourth-order valence-electron chi connectivity index (χ4n) is 1.40. The second-order valence-electron chi connectivity index (χ2n) is 3.70. The first kappa shape index (κ1) is 15.8. The highest BCUT2D eigenvalue weighted by atomic mass is 32.2. The lowest BCUT2D eigenvalue weighted by molar-refractivity contribution is 0.0553. The van der Waals surface area contributed by atoms with Crippen LogP contribution in [0.5, 0.6) is 0 Å². The quantitative estimate of drug-likeness (QED) is 0.579. The van der Waals surface area contributed by atoms with E-state index in [1.165, 1.54) is 14.2 Å². The fourth-order valence-corrected chi connectivity index (χ4v) is 2.95. The number of sulfonamides is 1. The molecule has 6 nitrogen and oxygen atoms in total. The van der Waals surface area contributed by atoms with E-state index in [0.717, 1.165) is 4.31 Å². The van der Waals surface area contributed by atoms with E-state index in [9.17, 15) is 13.5 Å². The second kappa shape index (κ2) is 7.18. The zero-order chi connectivity index (χ0) is 12.8. The molecule has 0 rings (SSSR count). The molecule has 0 aliphatic carbocycles. The molecule has 0 fully saturated rings. The first-order valence-corrected chi connectivity index (χ1v) is 6.72. The van der Waals surface area contributed by atoms with Gasteiger partial charge < -0.3 is 15.6 Å². The molecule has 0 radical (unpaired) electrons. The Bertz CT molecular complexity index is 277. The van der Waals surface area contributed by atoms with Gasteiger partial charge in [-0.2, -0.15) is 0 Å². The summed E-state index contributed by atoms with van der Waals surface area (Å²) in [7, 11) is -0.534. The van der Waals surface area contributed by atoms with Crippen molar-refractivity contribution in [2.75, 3.05) is 33.9 Å². The van der Waals surface area contributed by atoms with Crippen molar-refractivity contribution in [3.8, 4) is 0 Å². The maximum absolute atomic E-state index is 11.9. The zero-order valence-electron chi connectivity index (χ0n) is 10.1. The Kier molecular flexibility index (Phi) is 7.09. The molecular formula is C9H22N2O4S. The van der Waals surface area contributed by atoms with E-state index in [0.29, 0.717) is 6.42 Å². The van der Waals surface area contributed by atoms with Crippen LogP contribution in [0.25, 0.3) is 0 Å². The number of likely N-dealkylation sites (N-methyl/N-ethyl adjacent to an activating group) is 1. The third-order valence-electron chi connectivity index (χ3n) is 2.40. The van der Waals surface area contributed by atoms with Crippen molar-refractivity contribution in [2.45, 2.75) is 24.7 Å². The van der Waals surface area contributed by atoms with E-state index >= 15 is 0 Å². The Hall–Kier alpha value is -0.210. The third kappa shape index (κ3) is 4.34. The highest BCUT2D eigenvalue weighted by Crippen LogP contribution is 2.10. The van der Waals surface area contributed by atoms with Crippen molar-refractivity contribution in [1.82, 2.24) is 4.31 Å². The van der Waals surface area contributed by atoms with Crippen LogP contribution in [-0.2, 0) is 14.8 Å². The van der Waals surface area contributed by atoms with Crippen LogP contribution in [-0.4, -0.2) is 63.0 Å². The van der Waals surface area contributed by atoms with Crippen molar-refractivity contribution >= 4 is 10.0 Å². The maximum Gasteiger partial charge on any atom is 0.218 e. The number of aliphatic hydroxyl groups excluding tert-OH is 1. The Morgan fingerprint density at radius 1 is 1.50 bits per heavy atom. The van der Waals surface area contributed by atoms with E-state index in [-0.39, 0.29) is 19.7 Å². The van der Waals surface area contributed by atoms with Gasteiger partial charge in [-0.05, 0) is 6.42 Å². The molecule has 3 N–H and O–H groups in total. The number of nitrogens with two attached hydrogens (primary N) is 1. The number of ether oxygens (including phenoxy) is 1. The van der Waals surface area contributed by atoms with Crippen LogP contribution >= 0.6 is 0 Å². The molecule has 0 aliphatic rings. The first-order valence-electron chi connectivity index (χ1n) is 5.22. The van der Waals surface area contributed by atoms with Gasteiger partial charge in [0.1, 0.15) is 0 Å². The van der Waals surface area contributed by atoms with Crippen molar-refractivity contribution < 1.29 is 18.3 Å². The van der Waals surface area contributed by atoms with Crippen LogP contribution in [0.3, 0.4) is 0 Å². The van der Waals surface area contributed by atoms with Crippen LogP contribution in [0.2, 0.25) is 0 Å². The lowest BCUT2D eigenvalue weighted by atomic mass is 10.3. The normalized spacial score (nSPS) is 16.4. The smallest absolute Gasteiger partial charge is 0.218 e. The van der Waals surface area contributed by atoms with Gasteiger partial charge in [-0.3, -0.25) is 0 Å². The minimum atomic E-state index is -3.42. The van der Waals surface area contributed by atoms with Gasteiger partial charge in [-0.15, -0.1) is 0 Å². The third-order valence-corrected chi connectivity index (χ3v) is 4.79. The SMILES string of the molecule is CCC(CN)S(=O)(=O)N(C)CC(O)COC. The molecule has 0 aromatic rings. The van der Waals surface area contributed by atoms with E-state index in [1.807, 2.05) is 0 Å². The predicted octanol–water partition coefficient (Wildman–Crippen LogP) is -1.01. The lowest BCUT2D eigenvalue weighted by Crippen LogP contribution is -2.43. The van der Waals surface area contributed by atoms with Gasteiger partial charge >= 0.3 is 0 Å². The molecule has 0 saturated heterocycles. The Labute approximate surface area is 97.4 Å². The van der Waals surface area contributed by atoms with Crippen molar-refractivity contribution in [1.29, 1.82) is 0 Å². The van der Waals surface area contributed by atoms with Crippen molar-refractivity contribution in [2.24, 2.45) is 5.73 Å². The summed E-state index contributed by atoms with van der Waals surface area (Å²) >= 11 is 0. The average molecular weight is 254 g/mol. The molecule has 0 heterocycles. The predicted molar refractivity (Wildman–Crippen MR) is 62.6 cm³/mol. The number of hydrogen-bond acceptors (Lipinski definition) is 5. The number of hydrogen-bond donors (Lipinski definition) is 2. The Morgan fingerprint density at radius 3 is 2.44 bits per heavy atom. The van der Waals surface area contributed by atoms with Crippen LogP contribution in [0.15, 0.2) is 0 Å². The number of aliphatic hydroxyl groups is 1. The van der Waals surface area contributed by atoms with E-state index < -0.39 is 21.4 Å². The minimum Gasteiger partial charge on any atom is -0.389 e. The van der Waals surface area contributed by atoms with E-state index in [1.54, 1.807) is 6.92 Å². The topological polar surface area (TPSA) is 92.9 Å². The molecule has 16 heavy (non-hydrogen) atoms. The van der Waals surface area contributed by atoms with Crippen molar-refractivity contribution in [3.63, 3.8) is 0 Å². The van der Waals surface area contributed by atoms with Crippen LogP contribution in [0.1, 0.15) is 13.3 Å². The number of rotatable bonds is 8. The van der Waals surface area contributed by atoms with Gasteiger partial charge in [0.05, 0.1) is 18.0 Å². The molecule has 7 heteroatoms. The summed E-state index contributed by atoms with van der Waals surface area (Å²) in [4.78, 5) is 0. The van der Waals surface area contributed by atoms with E-state index in [4.69, 9.17) is 10.5 Å². The molecule has 0 aliphatic heterocycles. The van der Waals surface area contributed by atoms with Gasteiger partial charge in [0.25, 0.3) is 0 Å². The molecular weight excluding hydrogens is 232 g/mol. The molecule has 0 spiro atoms. The monoisotopic (exact) mass is 254 g/mol. The molecule has 98 valence electrons. The second-order valence-corrected chi connectivity index (χ2v) is 6.02. The number of methoxy groups -OCH3 is 1. The summed E-state index contributed by atoms with van der Waals surface area (Å²) < 4.78 is 29.7. The molecule has 2 atom stereocenters. The summed E-state index contributed by atoms with van der Waals surface area (Å²) in [6.07, 6.45) is -0.358. The van der Waals surface area contributed by atoms with Crippen LogP contribution in [0, 0.1) is 0 Å². The van der Waals surface area contributed by atoms with Crippen molar-refractivity contribution in [3.05, 3.63) is 0 Å². The summed E-state index contributed by atoms with van der Waals surface area (Å²) in [5, 5.41) is 8.86. The summed E-state index contributed by atoms with van der Waals surface area (Å²) in [6.45, 7) is 1.99. The van der Waals surface area contributed by atoms with Gasteiger partial charge in [0.15, 0.2) is 0 Å². The summed E-state index contributed by atoms with van der Waals surface area (Å²) in [5.41, 5.74) is 5.40.